The number of aromatic amines is 1. The van der Waals surface area contributed by atoms with Crippen LogP contribution < -0.4 is 0 Å². The van der Waals surface area contributed by atoms with Crippen molar-refractivity contribution in [2.45, 2.75) is 38.3 Å². The number of hydrogen-bond donors (Lipinski definition) is 1. The van der Waals surface area contributed by atoms with E-state index < -0.39 is 0 Å². The molecule has 1 amide bonds. The molecule has 3 heterocycles. The molecule has 0 bridgehead atoms. The van der Waals surface area contributed by atoms with E-state index in [9.17, 15) is 4.79 Å². The lowest BCUT2D eigenvalue weighted by Gasteiger charge is -2.36. The van der Waals surface area contributed by atoms with E-state index in [4.69, 9.17) is 0 Å². The van der Waals surface area contributed by atoms with E-state index in [1.165, 1.54) is 0 Å². The molecule has 1 fully saturated rings. The maximum absolute atomic E-state index is 13.3. The van der Waals surface area contributed by atoms with Crippen LogP contribution in [0.5, 0.6) is 0 Å². The lowest BCUT2D eigenvalue weighted by atomic mass is 9.97. The Morgan fingerprint density at radius 3 is 2.96 bits per heavy atom. The summed E-state index contributed by atoms with van der Waals surface area (Å²) in [6, 6.07) is 9.60. The summed E-state index contributed by atoms with van der Waals surface area (Å²) in [5.74, 6) is 0.481. The lowest BCUT2D eigenvalue weighted by molar-refractivity contribution is 0.0594. The molecule has 0 aliphatic carbocycles. The highest BCUT2D eigenvalue weighted by molar-refractivity contribution is 6.00. The van der Waals surface area contributed by atoms with Crippen molar-refractivity contribution in [1.82, 2.24) is 35.3 Å². The molecule has 1 atom stereocenters. The number of carbonyl (C=O) groups excluding carboxylic acids is 1. The molecule has 0 radical (unpaired) electrons. The zero-order valence-electron chi connectivity index (χ0n) is 14.5. The number of amides is 1. The summed E-state index contributed by atoms with van der Waals surface area (Å²) >= 11 is 0. The fourth-order valence-electron chi connectivity index (χ4n) is 3.58. The molecular weight excluding hydrogens is 330 g/mol. The molecule has 1 aliphatic rings. The molecule has 134 valence electrons. The number of nitrogens with zero attached hydrogens (tertiary/aromatic N) is 6. The van der Waals surface area contributed by atoms with Gasteiger partial charge in [-0.05, 0) is 43.0 Å². The van der Waals surface area contributed by atoms with Crippen molar-refractivity contribution in [2.24, 2.45) is 0 Å². The summed E-state index contributed by atoms with van der Waals surface area (Å²) in [5, 5.41) is 18.4. The molecule has 8 heteroatoms. The SMILES string of the molecule is O=C(c1ccccc1-c1nn[nH]n1)N1CCCCC1CCn1cccn1. The first-order valence-electron chi connectivity index (χ1n) is 8.94. The third-order valence-corrected chi connectivity index (χ3v) is 4.88. The van der Waals surface area contributed by atoms with Gasteiger partial charge in [-0.15, -0.1) is 10.2 Å². The Labute approximate surface area is 151 Å². The minimum atomic E-state index is 0.0376. The highest BCUT2D eigenvalue weighted by Crippen LogP contribution is 2.26. The molecular formula is C18H21N7O. The summed E-state index contributed by atoms with van der Waals surface area (Å²) in [6.45, 7) is 1.59. The molecule has 0 saturated carbocycles. The second-order valence-electron chi connectivity index (χ2n) is 6.49. The summed E-state index contributed by atoms with van der Waals surface area (Å²) in [4.78, 5) is 15.3. The van der Waals surface area contributed by atoms with Gasteiger partial charge in [0.05, 0.1) is 5.56 Å². The predicted octanol–water partition coefficient (Wildman–Crippen LogP) is 2.15. The van der Waals surface area contributed by atoms with Crippen molar-refractivity contribution >= 4 is 5.91 Å². The lowest BCUT2D eigenvalue weighted by Crippen LogP contribution is -2.44. The number of aromatic nitrogens is 6. The minimum Gasteiger partial charge on any atom is -0.336 e. The van der Waals surface area contributed by atoms with E-state index in [2.05, 4.69) is 25.7 Å². The number of aryl methyl sites for hydroxylation is 1. The number of benzene rings is 1. The first kappa shape index (κ1) is 16.4. The molecule has 1 aliphatic heterocycles. The Morgan fingerprint density at radius 2 is 2.15 bits per heavy atom. The van der Waals surface area contributed by atoms with Gasteiger partial charge in [-0.25, -0.2) is 0 Å². The van der Waals surface area contributed by atoms with E-state index >= 15 is 0 Å². The van der Waals surface area contributed by atoms with E-state index in [0.717, 1.165) is 38.8 Å². The van der Waals surface area contributed by atoms with E-state index in [0.29, 0.717) is 17.0 Å². The summed E-state index contributed by atoms with van der Waals surface area (Å²) in [7, 11) is 0. The van der Waals surface area contributed by atoms with Gasteiger partial charge in [0.1, 0.15) is 0 Å². The van der Waals surface area contributed by atoms with Crippen LogP contribution in [0.15, 0.2) is 42.7 Å². The van der Waals surface area contributed by atoms with Crippen LogP contribution in [0.3, 0.4) is 0 Å². The third-order valence-electron chi connectivity index (χ3n) is 4.88. The first-order chi connectivity index (χ1) is 12.8. The van der Waals surface area contributed by atoms with Crippen molar-refractivity contribution < 1.29 is 4.79 Å². The fraction of sp³-hybridized carbons (Fsp3) is 0.389. The normalized spacial score (nSPS) is 17.4. The van der Waals surface area contributed by atoms with Crippen LogP contribution in [-0.4, -0.2) is 53.8 Å². The number of H-pyrrole nitrogens is 1. The molecule has 2 aromatic heterocycles. The van der Waals surface area contributed by atoms with Crippen molar-refractivity contribution in [3.05, 3.63) is 48.3 Å². The predicted molar refractivity (Wildman–Crippen MR) is 95.1 cm³/mol. The average molecular weight is 351 g/mol. The number of piperidine rings is 1. The van der Waals surface area contributed by atoms with Gasteiger partial charge in [0, 0.05) is 37.1 Å². The molecule has 0 spiro atoms. The maximum atomic E-state index is 13.3. The molecule has 26 heavy (non-hydrogen) atoms. The van der Waals surface area contributed by atoms with E-state index in [-0.39, 0.29) is 11.9 Å². The Hall–Kier alpha value is -3.03. The van der Waals surface area contributed by atoms with Crippen LogP contribution in [0, 0.1) is 0 Å². The van der Waals surface area contributed by atoms with Crippen LogP contribution in [0.1, 0.15) is 36.0 Å². The standard InChI is InChI=1S/C18H21N7O/c26-18(16-8-2-1-7-15(16)17-20-22-23-21-17)25-12-4-3-6-14(25)9-13-24-11-5-10-19-24/h1-2,5,7-8,10-11,14H,3-4,6,9,12-13H2,(H,20,21,22,23). The smallest absolute Gasteiger partial charge is 0.254 e. The maximum Gasteiger partial charge on any atom is 0.254 e. The van der Waals surface area contributed by atoms with Crippen LogP contribution in [0.2, 0.25) is 0 Å². The van der Waals surface area contributed by atoms with Crippen LogP contribution in [-0.2, 0) is 6.54 Å². The quantitative estimate of drug-likeness (QED) is 0.760. The minimum absolute atomic E-state index is 0.0376. The molecule has 1 unspecified atom stereocenters. The topological polar surface area (TPSA) is 92.6 Å². The van der Waals surface area contributed by atoms with Gasteiger partial charge in [0.25, 0.3) is 5.91 Å². The van der Waals surface area contributed by atoms with Gasteiger partial charge in [-0.3, -0.25) is 9.48 Å². The molecule has 3 aromatic rings. The van der Waals surface area contributed by atoms with Crippen molar-refractivity contribution in [3.8, 4) is 11.4 Å². The molecule has 1 saturated heterocycles. The summed E-state index contributed by atoms with van der Waals surface area (Å²) in [6.07, 6.45) is 7.86. The zero-order valence-corrected chi connectivity index (χ0v) is 14.5. The third kappa shape index (κ3) is 3.35. The Balaban J connectivity index is 1.56. The highest BCUT2D eigenvalue weighted by Gasteiger charge is 2.29. The Morgan fingerprint density at radius 1 is 1.23 bits per heavy atom. The first-order valence-corrected chi connectivity index (χ1v) is 8.94. The van der Waals surface area contributed by atoms with Gasteiger partial charge in [-0.2, -0.15) is 10.3 Å². The molecule has 1 N–H and O–H groups in total. The number of rotatable bonds is 5. The van der Waals surface area contributed by atoms with Crippen molar-refractivity contribution in [3.63, 3.8) is 0 Å². The van der Waals surface area contributed by atoms with Crippen LogP contribution in [0.25, 0.3) is 11.4 Å². The number of hydrogen-bond acceptors (Lipinski definition) is 5. The summed E-state index contributed by atoms with van der Waals surface area (Å²) < 4.78 is 1.92. The number of tetrazole rings is 1. The molecule has 4 rings (SSSR count). The second kappa shape index (κ2) is 7.47. The van der Waals surface area contributed by atoms with E-state index in [1.54, 1.807) is 6.20 Å². The van der Waals surface area contributed by atoms with E-state index in [1.807, 2.05) is 46.1 Å². The van der Waals surface area contributed by atoms with Gasteiger partial charge in [0.2, 0.25) is 5.82 Å². The average Bonchev–Trinajstić information content (AvgIpc) is 3.40. The Kier molecular flexibility index (Phi) is 4.72. The summed E-state index contributed by atoms with van der Waals surface area (Å²) in [5.41, 5.74) is 1.34. The second-order valence-corrected chi connectivity index (χ2v) is 6.49. The molecule has 1 aromatic carbocycles. The van der Waals surface area contributed by atoms with Crippen molar-refractivity contribution in [1.29, 1.82) is 0 Å². The zero-order chi connectivity index (χ0) is 17.8. The van der Waals surface area contributed by atoms with Gasteiger partial charge < -0.3 is 4.90 Å². The van der Waals surface area contributed by atoms with Crippen LogP contribution in [0.4, 0.5) is 0 Å². The van der Waals surface area contributed by atoms with Gasteiger partial charge in [0.15, 0.2) is 0 Å². The highest BCUT2D eigenvalue weighted by atomic mass is 16.2. The number of nitrogens with one attached hydrogen (secondary N) is 1. The van der Waals surface area contributed by atoms with Gasteiger partial charge >= 0.3 is 0 Å². The number of likely N-dealkylation sites (tertiary alicyclic amines) is 1. The van der Waals surface area contributed by atoms with Crippen LogP contribution >= 0.6 is 0 Å². The van der Waals surface area contributed by atoms with Gasteiger partial charge in [-0.1, -0.05) is 18.2 Å². The van der Waals surface area contributed by atoms with Crippen molar-refractivity contribution in [2.75, 3.05) is 6.54 Å². The molecule has 8 nitrogen and oxygen atoms in total. The Bertz CT molecular complexity index is 844. The largest absolute Gasteiger partial charge is 0.336 e. The number of carbonyl (C=O) groups is 1. The monoisotopic (exact) mass is 351 g/mol. The fourth-order valence-corrected chi connectivity index (χ4v) is 3.58.